The van der Waals surface area contributed by atoms with Crippen molar-refractivity contribution in [1.29, 1.82) is 0 Å². The normalized spacial score (nSPS) is 25.2. The predicted molar refractivity (Wildman–Crippen MR) is 93.0 cm³/mol. The highest BCUT2D eigenvalue weighted by Gasteiger charge is 2.39. The molecule has 7 heteroatoms. The van der Waals surface area contributed by atoms with Crippen molar-refractivity contribution in [2.24, 2.45) is 5.41 Å². The molecular weight excluding hydrogens is 353 g/mol. The Morgan fingerprint density at radius 2 is 1.96 bits per heavy atom. The summed E-state index contributed by atoms with van der Waals surface area (Å²) in [6, 6.07) is 5.04. The van der Waals surface area contributed by atoms with Crippen LogP contribution in [0.25, 0.3) is 0 Å². The van der Waals surface area contributed by atoms with Crippen LogP contribution >= 0.6 is 23.2 Å². The number of nitrogens with zero attached hydrogens (tertiary/aromatic N) is 1. The van der Waals surface area contributed by atoms with Crippen molar-refractivity contribution >= 4 is 35.6 Å². The summed E-state index contributed by atoms with van der Waals surface area (Å²) >= 11 is 12.0. The number of ether oxygens (including phenoxy) is 1. The molecule has 0 radical (unpaired) electrons. The quantitative estimate of drug-likeness (QED) is 0.793. The zero-order valence-corrected chi connectivity index (χ0v) is 15.3. The first kappa shape index (κ1) is 19.0. The fourth-order valence-electron chi connectivity index (χ4n) is 2.74. The van der Waals surface area contributed by atoms with E-state index in [4.69, 9.17) is 27.9 Å². The largest absolute Gasteiger partial charge is 0.465 e. The van der Waals surface area contributed by atoms with Gasteiger partial charge < -0.3 is 19.5 Å². The van der Waals surface area contributed by atoms with E-state index in [9.17, 15) is 14.7 Å². The Hall–Kier alpha value is -1.30. The number of aldehydes is 1. The third-order valence-electron chi connectivity index (χ3n) is 4.26. The van der Waals surface area contributed by atoms with Gasteiger partial charge in [-0.2, -0.15) is 0 Å². The number of amides is 1. The van der Waals surface area contributed by atoms with Crippen LogP contribution in [0.1, 0.15) is 32.3 Å². The van der Waals surface area contributed by atoms with Crippen molar-refractivity contribution in [1.82, 2.24) is 4.90 Å². The van der Waals surface area contributed by atoms with E-state index in [0.29, 0.717) is 10.0 Å². The summed E-state index contributed by atoms with van der Waals surface area (Å²) in [4.78, 5) is 24.6. The molecule has 1 fully saturated rings. The van der Waals surface area contributed by atoms with Crippen molar-refractivity contribution < 1.29 is 19.4 Å². The minimum absolute atomic E-state index is 0.156. The van der Waals surface area contributed by atoms with Crippen molar-refractivity contribution in [3.63, 3.8) is 0 Å². The number of hydrogen-bond donors (Lipinski definition) is 1. The van der Waals surface area contributed by atoms with Gasteiger partial charge in [-0.15, -0.1) is 0 Å². The Morgan fingerprint density at radius 1 is 1.29 bits per heavy atom. The fraction of sp³-hybridized carbons (Fsp3) is 0.529. The molecule has 1 heterocycles. The average Bonchev–Trinajstić information content (AvgIpc) is 2.69. The highest BCUT2D eigenvalue weighted by molar-refractivity contribution is 6.42. The van der Waals surface area contributed by atoms with Gasteiger partial charge in [0.2, 0.25) is 0 Å². The molecule has 1 unspecified atom stereocenters. The molecule has 0 aliphatic carbocycles. The highest BCUT2D eigenvalue weighted by Crippen LogP contribution is 2.34. The minimum atomic E-state index is -1.04. The van der Waals surface area contributed by atoms with Crippen molar-refractivity contribution in [2.45, 2.75) is 38.9 Å². The lowest BCUT2D eigenvalue weighted by Gasteiger charge is -2.32. The molecule has 0 aromatic heterocycles. The first-order valence-corrected chi connectivity index (χ1v) is 8.42. The summed E-state index contributed by atoms with van der Waals surface area (Å²) in [6.07, 6.45) is -1.45. The van der Waals surface area contributed by atoms with E-state index < -0.39 is 24.2 Å². The molecule has 0 spiro atoms. The predicted octanol–water partition coefficient (Wildman–Crippen LogP) is 4.07. The Labute approximate surface area is 151 Å². The van der Waals surface area contributed by atoms with Crippen LogP contribution in [-0.4, -0.2) is 47.7 Å². The Bertz CT molecular complexity index is 630. The number of halogens is 2. The third kappa shape index (κ3) is 4.21. The van der Waals surface area contributed by atoms with Gasteiger partial charge >= 0.3 is 6.09 Å². The van der Waals surface area contributed by atoms with Crippen LogP contribution in [0, 0.1) is 5.41 Å². The van der Waals surface area contributed by atoms with E-state index in [1.54, 1.807) is 18.2 Å². The van der Waals surface area contributed by atoms with Gasteiger partial charge in [0.1, 0.15) is 12.4 Å². The van der Waals surface area contributed by atoms with Crippen LogP contribution in [0.15, 0.2) is 18.2 Å². The van der Waals surface area contributed by atoms with Crippen molar-refractivity contribution in [3.8, 4) is 0 Å². The molecule has 0 saturated carbocycles. The van der Waals surface area contributed by atoms with Gasteiger partial charge in [-0.25, -0.2) is 4.79 Å². The number of carbonyl (C=O) groups excluding carboxylic acids is 1. The van der Waals surface area contributed by atoms with E-state index in [0.717, 1.165) is 11.8 Å². The number of carboxylic acid groups (broad SMARTS) is 1. The Morgan fingerprint density at radius 3 is 2.46 bits per heavy atom. The molecule has 5 nitrogen and oxygen atoms in total. The lowest BCUT2D eigenvalue weighted by Crippen LogP contribution is -2.42. The van der Waals surface area contributed by atoms with Crippen LogP contribution < -0.4 is 0 Å². The van der Waals surface area contributed by atoms with Gasteiger partial charge in [0.15, 0.2) is 0 Å². The SMILES string of the molecule is CC(C)(C)C1CN(C(=O)O)C[C@@H](c2ccc(Cl)c(Cl)c2)[C@@H](C=O)O1. The lowest BCUT2D eigenvalue weighted by atomic mass is 9.88. The monoisotopic (exact) mass is 373 g/mol. The van der Waals surface area contributed by atoms with Gasteiger partial charge in [0, 0.05) is 12.5 Å². The maximum absolute atomic E-state index is 11.6. The van der Waals surface area contributed by atoms with Crippen LogP contribution in [0.5, 0.6) is 0 Å². The molecule has 1 aliphatic heterocycles. The number of benzene rings is 1. The second-order valence-electron chi connectivity index (χ2n) is 7.06. The molecule has 0 bridgehead atoms. The molecule has 132 valence electrons. The molecule has 1 aromatic rings. The minimum Gasteiger partial charge on any atom is -0.465 e. The maximum Gasteiger partial charge on any atom is 0.407 e. The van der Waals surface area contributed by atoms with E-state index in [2.05, 4.69) is 0 Å². The van der Waals surface area contributed by atoms with Crippen molar-refractivity contribution in [2.75, 3.05) is 13.1 Å². The zero-order chi connectivity index (χ0) is 18.1. The van der Waals surface area contributed by atoms with Crippen molar-refractivity contribution in [3.05, 3.63) is 33.8 Å². The molecular formula is C17H21Cl2NO4. The average molecular weight is 374 g/mol. The lowest BCUT2D eigenvalue weighted by molar-refractivity contribution is -0.127. The number of rotatable bonds is 2. The number of carbonyl (C=O) groups is 2. The second-order valence-corrected chi connectivity index (χ2v) is 7.87. The van der Waals surface area contributed by atoms with Gasteiger partial charge in [0.25, 0.3) is 0 Å². The number of hydrogen-bond acceptors (Lipinski definition) is 3. The molecule has 24 heavy (non-hydrogen) atoms. The van der Waals surface area contributed by atoms with E-state index in [1.807, 2.05) is 20.8 Å². The molecule has 2 rings (SSSR count). The Kier molecular flexibility index (Phi) is 5.78. The van der Waals surface area contributed by atoms with Gasteiger partial charge in [-0.3, -0.25) is 0 Å². The Balaban J connectivity index is 2.42. The standard InChI is InChI=1S/C17H21Cl2NO4/c1-17(2,3)15-8-20(16(22)23)7-11(14(9-21)24-15)10-4-5-12(18)13(19)6-10/h4-6,9,11,14-15H,7-8H2,1-3H3,(H,22,23)/t11-,14+,15?/m0/s1. The zero-order valence-electron chi connectivity index (χ0n) is 13.8. The van der Waals surface area contributed by atoms with E-state index >= 15 is 0 Å². The molecule has 1 aromatic carbocycles. The summed E-state index contributed by atoms with van der Waals surface area (Å²) in [5, 5.41) is 10.3. The van der Waals surface area contributed by atoms with Crippen LogP contribution in [0.4, 0.5) is 4.79 Å². The smallest absolute Gasteiger partial charge is 0.407 e. The summed E-state index contributed by atoms with van der Waals surface area (Å²) in [6.45, 7) is 6.24. The highest BCUT2D eigenvalue weighted by atomic mass is 35.5. The first-order chi connectivity index (χ1) is 11.1. The molecule has 1 saturated heterocycles. The second kappa shape index (κ2) is 7.30. The molecule has 1 amide bonds. The summed E-state index contributed by atoms with van der Waals surface area (Å²) in [5.74, 6) is -0.444. The van der Waals surface area contributed by atoms with E-state index in [-0.39, 0.29) is 18.5 Å². The summed E-state index contributed by atoms with van der Waals surface area (Å²) in [7, 11) is 0. The van der Waals surface area contributed by atoms with Gasteiger partial charge in [0.05, 0.1) is 22.7 Å². The van der Waals surface area contributed by atoms with Crippen LogP contribution in [0.3, 0.4) is 0 Å². The molecule has 1 aliphatic rings. The van der Waals surface area contributed by atoms with E-state index in [1.165, 1.54) is 4.90 Å². The third-order valence-corrected chi connectivity index (χ3v) is 5.00. The maximum atomic E-state index is 11.6. The first-order valence-electron chi connectivity index (χ1n) is 7.67. The van der Waals surface area contributed by atoms with Gasteiger partial charge in [-0.05, 0) is 23.1 Å². The topological polar surface area (TPSA) is 66.8 Å². The summed E-state index contributed by atoms with van der Waals surface area (Å²) < 4.78 is 5.99. The molecule has 3 atom stereocenters. The van der Waals surface area contributed by atoms with Gasteiger partial charge in [-0.1, -0.05) is 50.0 Å². The van der Waals surface area contributed by atoms with Crippen LogP contribution in [0.2, 0.25) is 10.0 Å². The van der Waals surface area contributed by atoms with Crippen LogP contribution in [-0.2, 0) is 9.53 Å². The fourth-order valence-corrected chi connectivity index (χ4v) is 3.05. The summed E-state index contributed by atoms with van der Waals surface area (Å²) in [5.41, 5.74) is 0.420. The molecule has 1 N–H and O–H groups in total.